The molecule has 0 radical (unpaired) electrons. The summed E-state index contributed by atoms with van der Waals surface area (Å²) in [6.07, 6.45) is 4.59. The first-order valence-corrected chi connectivity index (χ1v) is 5.47. The van der Waals surface area contributed by atoms with Crippen molar-refractivity contribution >= 4 is 10.9 Å². The van der Waals surface area contributed by atoms with Gasteiger partial charge < -0.3 is 5.11 Å². The van der Waals surface area contributed by atoms with Crippen molar-refractivity contribution < 1.29 is 5.11 Å². The number of nitrogens with one attached hydrogen (secondary N) is 1. The Labute approximate surface area is 89.1 Å². The molecule has 0 unspecified atom stereocenters. The number of unbranched alkanes of at least 4 members (excludes halogenated alkanes) is 2. The highest BCUT2D eigenvalue weighted by molar-refractivity contribution is 5.82. The number of benzene rings is 1. The predicted octanol–water partition coefficient (Wildman–Crippen LogP) is 3.00. The summed E-state index contributed by atoms with van der Waals surface area (Å²) in [5, 5.41) is 17.7. The molecule has 3 nitrogen and oxygen atoms in total. The Morgan fingerprint density at radius 1 is 1.33 bits per heavy atom. The quantitative estimate of drug-likeness (QED) is 0.752. The van der Waals surface area contributed by atoms with E-state index in [4.69, 9.17) is 0 Å². The minimum absolute atomic E-state index is 0.306. The molecule has 15 heavy (non-hydrogen) atoms. The van der Waals surface area contributed by atoms with Crippen molar-refractivity contribution in [1.29, 1.82) is 0 Å². The number of nitrogens with zero attached hydrogens (tertiary/aromatic N) is 1. The monoisotopic (exact) mass is 204 g/mol. The van der Waals surface area contributed by atoms with Gasteiger partial charge in [0.05, 0.1) is 11.2 Å². The van der Waals surface area contributed by atoms with Gasteiger partial charge in [-0.05, 0) is 31.0 Å². The van der Waals surface area contributed by atoms with Crippen LogP contribution in [0.2, 0.25) is 0 Å². The van der Waals surface area contributed by atoms with Crippen LogP contribution in [0.15, 0.2) is 18.2 Å². The Hall–Kier alpha value is -1.51. The third-order valence-corrected chi connectivity index (χ3v) is 2.64. The first kappa shape index (κ1) is 10.0. The summed E-state index contributed by atoms with van der Waals surface area (Å²) in [5.41, 5.74) is 2.06. The van der Waals surface area contributed by atoms with Gasteiger partial charge >= 0.3 is 0 Å². The minimum atomic E-state index is 0.306. The molecule has 2 aromatic rings. The van der Waals surface area contributed by atoms with Crippen LogP contribution in [-0.2, 0) is 6.42 Å². The molecule has 0 aliphatic heterocycles. The average molecular weight is 204 g/mol. The highest BCUT2D eigenvalue weighted by Crippen LogP contribution is 2.22. The number of phenolic OH excluding ortho intramolecular Hbond substituents is 1. The van der Waals surface area contributed by atoms with Gasteiger partial charge in [-0.2, -0.15) is 5.10 Å². The molecule has 0 bridgehead atoms. The van der Waals surface area contributed by atoms with Crippen molar-refractivity contribution in [2.45, 2.75) is 32.6 Å². The second kappa shape index (κ2) is 4.34. The van der Waals surface area contributed by atoms with E-state index in [2.05, 4.69) is 17.1 Å². The van der Waals surface area contributed by atoms with E-state index in [9.17, 15) is 5.11 Å². The van der Waals surface area contributed by atoms with Crippen LogP contribution in [0.5, 0.6) is 5.75 Å². The van der Waals surface area contributed by atoms with Gasteiger partial charge in [0.2, 0.25) is 0 Å². The lowest BCUT2D eigenvalue weighted by Gasteiger charge is -1.97. The number of hydrogen-bond acceptors (Lipinski definition) is 2. The fourth-order valence-electron chi connectivity index (χ4n) is 1.79. The van der Waals surface area contributed by atoms with Crippen LogP contribution in [0.1, 0.15) is 31.9 Å². The van der Waals surface area contributed by atoms with E-state index in [0.717, 1.165) is 29.4 Å². The second-order valence-electron chi connectivity index (χ2n) is 3.86. The lowest BCUT2D eigenvalue weighted by Crippen LogP contribution is -1.86. The molecule has 0 saturated heterocycles. The first-order valence-electron chi connectivity index (χ1n) is 5.47. The SMILES string of the molecule is CCCCCc1n[nH]c2ccc(O)cc12. The molecular formula is C12H16N2O. The Morgan fingerprint density at radius 2 is 2.20 bits per heavy atom. The number of H-pyrrole nitrogens is 1. The van der Waals surface area contributed by atoms with E-state index < -0.39 is 0 Å². The topological polar surface area (TPSA) is 48.9 Å². The molecule has 0 aliphatic carbocycles. The third-order valence-electron chi connectivity index (χ3n) is 2.64. The van der Waals surface area contributed by atoms with E-state index in [1.807, 2.05) is 6.07 Å². The number of fused-ring (bicyclic) bond motifs is 1. The van der Waals surface area contributed by atoms with Gasteiger partial charge in [0.1, 0.15) is 5.75 Å². The fraction of sp³-hybridized carbons (Fsp3) is 0.417. The molecule has 1 heterocycles. The molecule has 0 atom stereocenters. The van der Waals surface area contributed by atoms with Crippen LogP contribution >= 0.6 is 0 Å². The largest absolute Gasteiger partial charge is 0.508 e. The summed E-state index contributed by atoms with van der Waals surface area (Å²) in [6, 6.07) is 5.32. The standard InChI is InChI=1S/C12H16N2O/c1-2-3-4-5-11-10-8-9(15)6-7-12(10)14-13-11/h6-8,15H,2-5H2,1H3,(H,13,14). The average Bonchev–Trinajstić information content (AvgIpc) is 2.62. The van der Waals surface area contributed by atoms with Crippen LogP contribution in [-0.4, -0.2) is 15.3 Å². The van der Waals surface area contributed by atoms with E-state index >= 15 is 0 Å². The molecule has 1 aromatic heterocycles. The number of aryl methyl sites for hydroxylation is 1. The van der Waals surface area contributed by atoms with Gasteiger partial charge in [0.15, 0.2) is 0 Å². The summed E-state index contributed by atoms with van der Waals surface area (Å²) >= 11 is 0. The van der Waals surface area contributed by atoms with Crippen molar-refractivity contribution in [1.82, 2.24) is 10.2 Å². The van der Waals surface area contributed by atoms with Gasteiger partial charge in [0, 0.05) is 5.39 Å². The zero-order valence-electron chi connectivity index (χ0n) is 8.95. The van der Waals surface area contributed by atoms with Gasteiger partial charge in [-0.25, -0.2) is 0 Å². The van der Waals surface area contributed by atoms with E-state index in [-0.39, 0.29) is 0 Å². The van der Waals surface area contributed by atoms with E-state index in [0.29, 0.717) is 5.75 Å². The van der Waals surface area contributed by atoms with Crippen molar-refractivity contribution in [3.63, 3.8) is 0 Å². The smallest absolute Gasteiger partial charge is 0.116 e. The molecule has 2 rings (SSSR count). The van der Waals surface area contributed by atoms with Crippen LogP contribution in [0.3, 0.4) is 0 Å². The highest BCUT2D eigenvalue weighted by atomic mass is 16.3. The van der Waals surface area contributed by atoms with Crippen molar-refractivity contribution in [3.8, 4) is 5.75 Å². The summed E-state index contributed by atoms with van der Waals surface area (Å²) in [5.74, 6) is 0.306. The zero-order valence-corrected chi connectivity index (χ0v) is 8.95. The number of aromatic nitrogens is 2. The summed E-state index contributed by atoms with van der Waals surface area (Å²) in [6.45, 7) is 2.19. The van der Waals surface area contributed by atoms with Crippen LogP contribution in [0.25, 0.3) is 10.9 Å². The zero-order chi connectivity index (χ0) is 10.7. The molecule has 0 saturated carbocycles. The Kier molecular flexibility index (Phi) is 2.90. The molecule has 0 spiro atoms. The maximum atomic E-state index is 9.40. The molecule has 80 valence electrons. The first-order chi connectivity index (χ1) is 7.31. The Bertz CT molecular complexity index is 448. The van der Waals surface area contributed by atoms with Crippen molar-refractivity contribution in [2.24, 2.45) is 0 Å². The third kappa shape index (κ3) is 2.12. The highest BCUT2D eigenvalue weighted by Gasteiger charge is 2.05. The van der Waals surface area contributed by atoms with Gasteiger partial charge in [-0.15, -0.1) is 0 Å². The molecule has 1 aromatic carbocycles. The molecular weight excluding hydrogens is 188 g/mol. The van der Waals surface area contributed by atoms with Crippen molar-refractivity contribution in [3.05, 3.63) is 23.9 Å². The minimum Gasteiger partial charge on any atom is -0.508 e. The number of rotatable bonds is 4. The number of phenols is 1. The Balaban J connectivity index is 2.23. The lowest BCUT2D eigenvalue weighted by molar-refractivity contribution is 0.476. The van der Waals surface area contributed by atoms with E-state index in [1.165, 1.54) is 12.8 Å². The van der Waals surface area contributed by atoms with Crippen LogP contribution < -0.4 is 0 Å². The summed E-state index contributed by atoms with van der Waals surface area (Å²) in [7, 11) is 0. The second-order valence-corrected chi connectivity index (χ2v) is 3.86. The van der Waals surface area contributed by atoms with Gasteiger partial charge in [-0.1, -0.05) is 19.8 Å². The maximum Gasteiger partial charge on any atom is 0.116 e. The van der Waals surface area contributed by atoms with Gasteiger partial charge in [-0.3, -0.25) is 5.10 Å². The molecule has 0 aliphatic rings. The number of hydrogen-bond donors (Lipinski definition) is 2. The van der Waals surface area contributed by atoms with Crippen LogP contribution in [0, 0.1) is 0 Å². The molecule has 3 heteroatoms. The van der Waals surface area contributed by atoms with Gasteiger partial charge in [0.25, 0.3) is 0 Å². The van der Waals surface area contributed by atoms with E-state index in [1.54, 1.807) is 12.1 Å². The van der Waals surface area contributed by atoms with Crippen molar-refractivity contribution in [2.75, 3.05) is 0 Å². The number of aromatic amines is 1. The summed E-state index contributed by atoms with van der Waals surface area (Å²) < 4.78 is 0. The molecule has 0 amide bonds. The normalized spacial score (nSPS) is 11.0. The predicted molar refractivity (Wildman–Crippen MR) is 61.0 cm³/mol. The summed E-state index contributed by atoms with van der Waals surface area (Å²) in [4.78, 5) is 0. The maximum absolute atomic E-state index is 9.40. The molecule has 0 fully saturated rings. The number of aromatic hydroxyl groups is 1. The lowest BCUT2D eigenvalue weighted by atomic mass is 10.1. The van der Waals surface area contributed by atoms with Crippen LogP contribution in [0.4, 0.5) is 0 Å². The molecule has 2 N–H and O–H groups in total. The Morgan fingerprint density at radius 3 is 3.00 bits per heavy atom. The fourth-order valence-corrected chi connectivity index (χ4v) is 1.79.